The molecule has 2 rings (SSSR count). The third kappa shape index (κ3) is 3.75. The van der Waals surface area contributed by atoms with Gasteiger partial charge in [-0.05, 0) is 36.8 Å². The van der Waals surface area contributed by atoms with E-state index >= 15 is 0 Å². The number of nitro groups is 1. The zero-order valence-corrected chi connectivity index (χ0v) is 13.1. The minimum Gasteiger partial charge on any atom is -0.345 e. The van der Waals surface area contributed by atoms with Crippen molar-refractivity contribution in [3.63, 3.8) is 0 Å². The molecule has 5 nitrogen and oxygen atoms in total. The van der Waals surface area contributed by atoms with Crippen LogP contribution >= 0.6 is 23.2 Å². The van der Waals surface area contributed by atoms with Gasteiger partial charge in [-0.3, -0.25) is 14.9 Å². The lowest BCUT2D eigenvalue weighted by molar-refractivity contribution is -0.385. The van der Waals surface area contributed by atoms with Gasteiger partial charge in [0, 0.05) is 16.1 Å². The summed E-state index contributed by atoms with van der Waals surface area (Å²) in [6.07, 6.45) is 0. The van der Waals surface area contributed by atoms with Gasteiger partial charge in [-0.15, -0.1) is 0 Å². The van der Waals surface area contributed by atoms with E-state index in [0.717, 1.165) is 11.6 Å². The summed E-state index contributed by atoms with van der Waals surface area (Å²) < 4.78 is 0. The second-order valence-electron chi connectivity index (χ2n) is 4.67. The van der Waals surface area contributed by atoms with E-state index in [4.69, 9.17) is 23.2 Å². The van der Waals surface area contributed by atoms with E-state index in [0.29, 0.717) is 5.02 Å². The lowest BCUT2D eigenvalue weighted by atomic mass is 10.1. The summed E-state index contributed by atoms with van der Waals surface area (Å²) >= 11 is 11.5. The van der Waals surface area contributed by atoms with E-state index in [1.54, 1.807) is 31.2 Å². The molecule has 0 spiro atoms. The molecular weight excluding hydrogens is 327 g/mol. The first-order valence-electron chi connectivity index (χ1n) is 6.38. The number of amides is 1. The largest absolute Gasteiger partial charge is 0.345 e. The van der Waals surface area contributed by atoms with Gasteiger partial charge in [0.2, 0.25) is 0 Å². The van der Waals surface area contributed by atoms with Crippen molar-refractivity contribution in [2.45, 2.75) is 13.0 Å². The van der Waals surface area contributed by atoms with E-state index in [9.17, 15) is 14.9 Å². The van der Waals surface area contributed by atoms with Crippen LogP contribution in [0.15, 0.2) is 42.5 Å². The fraction of sp³-hybridized carbons (Fsp3) is 0.133. The highest BCUT2D eigenvalue weighted by atomic mass is 35.5. The smallest absolute Gasteiger partial charge is 0.283 e. The van der Waals surface area contributed by atoms with Crippen LogP contribution in [0.2, 0.25) is 10.0 Å². The number of nitro benzene ring substituents is 1. The molecule has 0 heterocycles. The number of benzene rings is 2. The average Bonchev–Trinajstić information content (AvgIpc) is 2.47. The second kappa shape index (κ2) is 6.77. The van der Waals surface area contributed by atoms with Gasteiger partial charge >= 0.3 is 0 Å². The van der Waals surface area contributed by atoms with Gasteiger partial charge in [0.1, 0.15) is 5.56 Å². The molecule has 0 aliphatic heterocycles. The summed E-state index contributed by atoms with van der Waals surface area (Å²) in [6, 6.07) is 10.6. The molecule has 0 radical (unpaired) electrons. The summed E-state index contributed by atoms with van der Waals surface area (Å²) in [5.41, 5.74) is 0.484. The third-order valence-electron chi connectivity index (χ3n) is 3.12. The van der Waals surface area contributed by atoms with Crippen LogP contribution in [0.25, 0.3) is 0 Å². The first kappa shape index (κ1) is 16.3. The topological polar surface area (TPSA) is 72.2 Å². The number of hydrogen-bond acceptors (Lipinski definition) is 3. The number of nitrogens with zero attached hydrogens (tertiary/aromatic N) is 1. The van der Waals surface area contributed by atoms with Crippen molar-refractivity contribution in [3.05, 3.63) is 73.8 Å². The third-order valence-corrected chi connectivity index (χ3v) is 3.61. The van der Waals surface area contributed by atoms with Gasteiger partial charge in [-0.2, -0.15) is 0 Å². The molecule has 1 amide bonds. The summed E-state index contributed by atoms with van der Waals surface area (Å²) in [5.74, 6) is -0.536. The van der Waals surface area contributed by atoms with Crippen LogP contribution in [0.1, 0.15) is 28.9 Å². The van der Waals surface area contributed by atoms with Crippen molar-refractivity contribution in [2.24, 2.45) is 0 Å². The highest BCUT2D eigenvalue weighted by Gasteiger charge is 2.22. The molecule has 2 aromatic carbocycles. The second-order valence-corrected chi connectivity index (χ2v) is 5.54. The Kier molecular flexibility index (Phi) is 5.00. The van der Waals surface area contributed by atoms with Gasteiger partial charge in [-0.25, -0.2) is 0 Å². The normalized spacial score (nSPS) is 11.8. The number of carbonyl (C=O) groups is 1. The predicted octanol–water partition coefficient (Wildman–Crippen LogP) is 4.39. The Labute approximate surface area is 137 Å². The van der Waals surface area contributed by atoms with Crippen molar-refractivity contribution in [1.82, 2.24) is 5.32 Å². The fourth-order valence-corrected chi connectivity index (χ4v) is 2.25. The van der Waals surface area contributed by atoms with Gasteiger partial charge in [-0.1, -0.05) is 35.3 Å². The van der Waals surface area contributed by atoms with E-state index in [1.165, 1.54) is 12.1 Å². The molecule has 1 atom stereocenters. The molecule has 0 aliphatic rings. The zero-order chi connectivity index (χ0) is 16.3. The molecule has 2 aromatic rings. The first-order chi connectivity index (χ1) is 10.4. The van der Waals surface area contributed by atoms with Gasteiger partial charge < -0.3 is 5.32 Å². The molecule has 0 fully saturated rings. The standard InChI is InChI=1S/C15H12Cl2N2O3/c1-9(10-2-4-11(16)5-3-10)18-15(20)13-7-6-12(17)8-14(13)19(21)22/h2-9H,1H3,(H,18,20)/t9-/m1/s1. The number of carbonyl (C=O) groups excluding carboxylic acids is 1. The Balaban J connectivity index is 2.22. The maximum atomic E-state index is 12.2. The molecular formula is C15H12Cl2N2O3. The summed E-state index contributed by atoms with van der Waals surface area (Å²) in [6.45, 7) is 1.78. The maximum absolute atomic E-state index is 12.2. The molecule has 114 valence electrons. The van der Waals surface area contributed by atoms with Gasteiger partial charge in [0.25, 0.3) is 11.6 Å². The molecule has 7 heteroatoms. The molecule has 0 aromatic heterocycles. The molecule has 0 aliphatic carbocycles. The van der Waals surface area contributed by atoms with E-state index in [2.05, 4.69) is 5.32 Å². The van der Waals surface area contributed by atoms with Crippen LogP contribution in [0.3, 0.4) is 0 Å². The Morgan fingerprint density at radius 2 is 1.73 bits per heavy atom. The minimum atomic E-state index is -0.631. The lowest BCUT2D eigenvalue weighted by Crippen LogP contribution is -2.27. The number of rotatable bonds is 4. The molecule has 0 bridgehead atoms. The predicted molar refractivity (Wildman–Crippen MR) is 85.4 cm³/mol. The molecule has 1 N–H and O–H groups in total. The van der Waals surface area contributed by atoms with Crippen LogP contribution in [0.4, 0.5) is 5.69 Å². The first-order valence-corrected chi connectivity index (χ1v) is 7.14. The van der Waals surface area contributed by atoms with Crippen LogP contribution in [0, 0.1) is 10.1 Å². The summed E-state index contributed by atoms with van der Waals surface area (Å²) in [5, 5.41) is 14.5. The van der Waals surface area contributed by atoms with E-state index in [1.807, 2.05) is 0 Å². The Bertz CT molecular complexity index is 717. The van der Waals surface area contributed by atoms with Crippen molar-refractivity contribution in [3.8, 4) is 0 Å². The molecule has 0 unspecified atom stereocenters. The molecule has 22 heavy (non-hydrogen) atoms. The number of hydrogen-bond donors (Lipinski definition) is 1. The Morgan fingerprint density at radius 1 is 1.14 bits per heavy atom. The van der Waals surface area contributed by atoms with Crippen molar-refractivity contribution >= 4 is 34.8 Å². The van der Waals surface area contributed by atoms with Gasteiger partial charge in [0.05, 0.1) is 11.0 Å². The van der Waals surface area contributed by atoms with E-state index in [-0.39, 0.29) is 22.3 Å². The van der Waals surface area contributed by atoms with Gasteiger partial charge in [0.15, 0.2) is 0 Å². The zero-order valence-electron chi connectivity index (χ0n) is 11.5. The SMILES string of the molecule is C[C@@H](NC(=O)c1ccc(Cl)cc1[N+](=O)[O-])c1ccc(Cl)cc1. The number of nitrogens with one attached hydrogen (secondary N) is 1. The van der Waals surface area contributed by atoms with Crippen LogP contribution in [-0.4, -0.2) is 10.8 Å². The van der Waals surface area contributed by atoms with Crippen LogP contribution < -0.4 is 5.32 Å². The van der Waals surface area contributed by atoms with Crippen LogP contribution in [0.5, 0.6) is 0 Å². The maximum Gasteiger partial charge on any atom is 0.283 e. The minimum absolute atomic E-state index is 0.0322. The lowest BCUT2D eigenvalue weighted by Gasteiger charge is -2.14. The Hall–Kier alpha value is -2.11. The number of halogens is 2. The quantitative estimate of drug-likeness (QED) is 0.663. The monoisotopic (exact) mass is 338 g/mol. The van der Waals surface area contributed by atoms with Crippen molar-refractivity contribution < 1.29 is 9.72 Å². The Morgan fingerprint density at radius 3 is 2.32 bits per heavy atom. The fourth-order valence-electron chi connectivity index (χ4n) is 1.96. The van der Waals surface area contributed by atoms with Crippen molar-refractivity contribution in [1.29, 1.82) is 0 Å². The van der Waals surface area contributed by atoms with Crippen LogP contribution in [-0.2, 0) is 0 Å². The average molecular weight is 339 g/mol. The van der Waals surface area contributed by atoms with E-state index < -0.39 is 10.8 Å². The highest BCUT2D eigenvalue weighted by Crippen LogP contribution is 2.24. The molecule has 0 saturated carbocycles. The molecule has 0 saturated heterocycles. The highest BCUT2D eigenvalue weighted by molar-refractivity contribution is 6.31. The summed E-state index contributed by atoms with van der Waals surface area (Å²) in [4.78, 5) is 22.6. The summed E-state index contributed by atoms with van der Waals surface area (Å²) in [7, 11) is 0. The van der Waals surface area contributed by atoms with Crippen molar-refractivity contribution in [2.75, 3.05) is 0 Å².